The molecule has 0 radical (unpaired) electrons. The number of halogens is 2. The van der Waals surface area contributed by atoms with Crippen LogP contribution in [0.4, 0.5) is 5.00 Å². The molecule has 3 heterocycles. The summed E-state index contributed by atoms with van der Waals surface area (Å²) in [5.41, 5.74) is 4.01. The normalized spacial score (nSPS) is 12.2. The van der Waals surface area contributed by atoms with Crippen LogP contribution in [0.5, 0.6) is 17.2 Å². The van der Waals surface area contributed by atoms with Gasteiger partial charge < -0.3 is 19.5 Å². The lowest BCUT2D eigenvalue weighted by molar-refractivity contribution is -0.118. The Morgan fingerprint density at radius 3 is 2.74 bits per heavy atom. The number of fused-ring (bicyclic) bond motifs is 2. The molecular weight excluding hydrogens is 563 g/mol. The van der Waals surface area contributed by atoms with E-state index in [1.807, 2.05) is 42.5 Å². The molecule has 5 aromatic rings. The second-order valence-corrected chi connectivity index (χ2v) is 11.6. The van der Waals surface area contributed by atoms with Gasteiger partial charge in [-0.05, 0) is 60.5 Å². The highest BCUT2D eigenvalue weighted by atomic mass is 35.5. The van der Waals surface area contributed by atoms with Crippen LogP contribution in [-0.4, -0.2) is 24.3 Å². The predicted molar refractivity (Wildman–Crippen MR) is 154 cm³/mol. The highest BCUT2D eigenvalue weighted by molar-refractivity contribution is 7.22. The Labute approximate surface area is 236 Å². The lowest BCUT2D eigenvalue weighted by Crippen LogP contribution is -2.20. The number of aromatic nitrogens is 1. The summed E-state index contributed by atoms with van der Waals surface area (Å²) in [4.78, 5) is 19.0. The van der Waals surface area contributed by atoms with Gasteiger partial charge in [0.05, 0.1) is 15.2 Å². The zero-order valence-corrected chi connectivity index (χ0v) is 23.2. The molecule has 38 heavy (non-hydrogen) atoms. The van der Waals surface area contributed by atoms with Crippen molar-refractivity contribution in [1.29, 1.82) is 0 Å². The second kappa shape index (κ2) is 10.5. The first-order valence-electron chi connectivity index (χ1n) is 11.7. The number of para-hydroxylation sites is 1. The topological polar surface area (TPSA) is 69.7 Å². The zero-order chi connectivity index (χ0) is 26.2. The van der Waals surface area contributed by atoms with Crippen molar-refractivity contribution in [2.24, 2.45) is 0 Å². The van der Waals surface area contributed by atoms with E-state index >= 15 is 0 Å². The lowest BCUT2D eigenvalue weighted by Gasteiger charge is -2.09. The van der Waals surface area contributed by atoms with Crippen LogP contribution in [0, 0.1) is 6.92 Å². The largest absolute Gasteiger partial charge is 0.482 e. The van der Waals surface area contributed by atoms with Crippen molar-refractivity contribution < 1.29 is 19.0 Å². The molecule has 1 amide bonds. The lowest BCUT2D eigenvalue weighted by atomic mass is 10.1. The van der Waals surface area contributed by atoms with Gasteiger partial charge in [0.15, 0.2) is 18.1 Å². The predicted octanol–water partition coefficient (Wildman–Crippen LogP) is 7.98. The minimum Gasteiger partial charge on any atom is -0.482 e. The Balaban J connectivity index is 1.30. The Kier molecular flexibility index (Phi) is 6.88. The number of hydrogen-bond donors (Lipinski definition) is 1. The smallest absolute Gasteiger partial charge is 0.262 e. The molecule has 1 N–H and O–H groups in total. The van der Waals surface area contributed by atoms with E-state index in [4.69, 9.17) is 42.4 Å². The van der Waals surface area contributed by atoms with E-state index in [9.17, 15) is 4.79 Å². The summed E-state index contributed by atoms with van der Waals surface area (Å²) >= 11 is 15.3. The van der Waals surface area contributed by atoms with E-state index in [0.29, 0.717) is 22.2 Å². The Hall–Kier alpha value is -3.30. The third-order valence-electron chi connectivity index (χ3n) is 6.06. The Morgan fingerprint density at radius 2 is 1.89 bits per heavy atom. The van der Waals surface area contributed by atoms with Gasteiger partial charge in [-0.3, -0.25) is 4.79 Å². The third-order valence-corrected chi connectivity index (χ3v) is 8.85. The summed E-state index contributed by atoms with van der Waals surface area (Å²) in [6, 6.07) is 18.9. The van der Waals surface area contributed by atoms with Gasteiger partial charge in [0.1, 0.15) is 15.8 Å². The molecule has 0 atom stereocenters. The number of carbonyl (C=O) groups is 1. The summed E-state index contributed by atoms with van der Waals surface area (Å²) in [6.07, 6.45) is 0.678. The molecule has 0 saturated carbocycles. The summed E-state index contributed by atoms with van der Waals surface area (Å²) < 4.78 is 17.7. The summed E-state index contributed by atoms with van der Waals surface area (Å²) in [6.45, 7) is 2.10. The minimum absolute atomic E-state index is 0.199. The van der Waals surface area contributed by atoms with Gasteiger partial charge in [0.2, 0.25) is 6.79 Å². The molecule has 0 aliphatic carbocycles. The van der Waals surface area contributed by atoms with Gasteiger partial charge in [-0.2, -0.15) is 0 Å². The van der Waals surface area contributed by atoms with Crippen molar-refractivity contribution in [2.45, 2.75) is 13.3 Å². The van der Waals surface area contributed by atoms with Crippen molar-refractivity contribution >= 4 is 67.0 Å². The number of nitrogens with zero attached hydrogens (tertiary/aromatic N) is 1. The molecule has 6 nitrogen and oxygen atoms in total. The number of benzene rings is 3. The molecule has 0 spiro atoms. The maximum Gasteiger partial charge on any atom is 0.262 e. The number of hydrogen-bond acceptors (Lipinski definition) is 7. The quantitative estimate of drug-likeness (QED) is 0.210. The number of ether oxygens (including phenoxy) is 3. The second-order valence-electron chi connectivity index (χ2n) is 8.62. The summed E-state index contributed by atoms with van der Waals surface area (Å²) in [5, 5.41) is 5.48. The van der Waals surface area contributed by atoms with E-state index in [1.54, 1.807) is 29.5 Å². The zero-order valence-electron chi connectivity index (χ0n) is 20.0. The highest BCUT2D eigenvalue weighted by Crippen LogP contribution is 2.44. The SMILES string of the molecule is Cc1c(Cc2ccc3c(c2)OCO3)sc(NC(=O)COc2ccc(Cl)cc2Cl)c1-c1nc2ccccc2s1. The molecule has 0 unspecified atom stereocenters. The number of amides is 1. The monoisotopic (exact) mass is 582 g/mol. The first kappa shape index (κ1) is 25.0. The van der Waals surface area contributed by atoms with Gasteiger partial charge in [-0.25, -0.2) is 4.98 Å². The Bertz CT molecular complexity index is 1650. The molecular formula is C28H20Cl2N2O4S2. The van der Waals surface area contributed by atoms with Crippen LogP contribution in [-0.2, 0) is 11.2 Å². The molecule has 0 bridgehead atoms. The Morgan fingerprint density at radius 1 is 1.05 bits per heavy atom. The average molecular weight is 584 g/mol. The molecule has 10 heteroatoms. The van der Waals surface area contributed by atoms with Crippen LogP contribution in [0.15, 0.2) is 60.7 Å². The number of rotatable bonds is 7. The van der Waals surface area contributed by atoms with E-state index < -0.39 is 0 Å². The molecule has 192 valence electrons. The van der Waals surface area contributed by atoms with Crippen LogP contribution >= 0.6 is 45.9 Å². The van der Waals surface area contributed by atoms with Crippen LogP contribution in [0.2, 0.25) is 10.0 Å². The number of thiophene rings is 1. The number of carbonyl (C=O) groups excluding carboxylic acids is 1. The van der Waals surface area contributed by atoms with Crippen LogP contribution in [0.25, 0.3) is 20.8 Å². The van der Waals surface area contributed by atoms with E-state index in [0.717, 1.165) is 53.3 Å². The fourth-order valence-corrected chi connectivity index (χ4v) is 7.05. The fraction of sp³-hybridized carbons (Fsp3) is 0.143. The molecule has 0 fully saturated rings. The summed E-state index contributed by atoms with van der Waals surface area (Å²) in [7, 11) is 0. The van der Waals surface area contributed by atoms with Crippen molar-refractivity contribution in [3.8, 4) is 27.8 Å². The first-order valence-corrected chi connectivity index (χ1v) is 14.1. The third kappa shape index (κ3) is 5.05. The summed E-state index contributed by atoms with van der Waals surface area (Å²) in [5.74, 6) is 1.59. The van der Waals surface area contributed by atoms with E-state index in [-0.39, 0.29) is 19.3 Å². The maximum atomic E-state index is 13.0. The van der Waals surface area contributed by atoms with Crippen molar-refractivity contribution in [3.05, 3.63) is 86.7 Å². The van der Waals surface area contributed by atoms with Crippen LogP contribution < -0.4 is 19.5 Å². The van der Waals surface area contributed by atoms with Crippen molar-refractivity contribution in [3.63, 3.8) is 0 Å². The number of anilines is 1. The highest BCUT2D eigenvalue weighted by Gasteiger charge is 2.23. The first-order chi connectivity index (χ1) is 18.4. The van der Waals surface area contributed by atoms with Gasteiger partial charge in [-0.1, -0.05) is 41.4 Å². The van der Waals surface area contributed by atoms with Crippen molar-refractivity contribution in [1.82, 2.24) is 4.98 Å². The van der Waals surface area contributed by atoms with Gasteiger partial charge in [-0.15, -0.1) is 22.7 Å². The van der Waals surface area contributed by atoms with Crippen molar-refractivity contribution in [2.75, 3.05) is 18.7 Å². The maximum absolute atomic E-state index is 13.0. The molecule has 0 saturated heterocycles. The van der Waals surface area contributed by atoms with Gasteiger partial charge in [0.25, 0.3) is 5.91 Å². The average Bonchev–Trinajstić information content (AvgIpc) is 3.60. The van der Waals surface area contributed by atoms with Gasteiger partial charge >= 0.3 is 0 Å². The fourth-order valence-electron chi connectivity index (χ4n) is 4.19. The number of nitrogens with one attached hydrogen (secondary N) is 1. The minimum atomic E-state index is -0.297. The standard InChI is InChI=1S/C28H20Cl2N2O4S2/c1-15-24(11-16-6-8-21-22(10-16)36-14-35-21)38-28(26(15)27-31-19-4-2-3-5-23(19)37-27)32-25(33)13-34-20-9-7-17(29)12-18(20)30/h2-10,12H,11,13-14H2,1H3,(H,32,33). The molecule has 1 aliphatic heterocycles. The molecule has 1 aliphatic rings. The van der Waals surface area contributed by atoms with Crippen LogP contribution in [0.3, 0.4) is 0 Å². The molecule has 6 rings (SSSR count). The molecule has 2 aromatic heterocycles. The number of thiazole rings is 1. The van der Waals surface area contributed by atoms with Crippen LogP contribution in [0.1, 0.15) is 16.0 Å². The van der Waals surface area contributed by atoms with E-state index in [1.165, 1.54) is 11.3 Å². The van der Waals surface area contributed by atoms with Gasteiger partial charge in [0, 0.05) is 21.9 Å². The molecule has 3 aromatic carbocycles. The van der Waals surface area contributed by atoms with E-state index in [2.05, 4.69) is 12.2 Å².